The molecule has 3 nitrogen and oxygen atoms in total. The molecule has 0 bridgehead atoms. The topological polar surface area (TPSA) is 48.8 Å². The van der Waals surface area contributed by atoms with Crippen molar-refractivity contribution in [3.63, 3.8) is 0 Å². The highest BCUT2D eigenvalue weighted by Gasteiger charge is 2.33. The van der Waals surface area contributed by atoms with Gasteiger partial charge < -0.3 is 0 Å². The van der Waals surface area contributed by atoms with Crippen LogP contribution < -0.4 is 0 Å². The molecule has 1 aromatic rings. The minimum Gasteiger partial charge on any atom is -0.166 e. The Labute approximate surface area is 81.7 Å². The van der Waals surface area contributed by atoms with Gasteiger partial charge in [-0.15, -0.1) is 0 Å². The highest BCUT2D eigenvalue weighted by Crippen LogP contribution is 2.36. The predicted molar refractivity (Wildman–Crippen MR) is 45.3 cm³/mol. The predicted octanol–water partition coefficient (Wildman–Crippen LogP) is 4.30. The molecule has 1 rings (SSSR count). The maximum Gasteiger partial charge on any atom is 0.417 e. The Bertz CT molecular complexity index is 396. The molecule has 0 saturated heterocycles. The van der Waals surface area contributed by atoms with Crippen LogP contribution in [0.2, 0.25) is 5.02 Å². The Balaban J connectivity index is 3.28. The largest absolute Gasteiger partial charge is 0.417 e. The average Bonchev–Trinajstić information content (AvgIpc) is 2.07. The fraction of sp³-hybridized carbons (Fsp3) is 0.143. The molecule has 74 valence electrons. The average molecular weight is 222 g/mol. The molecule has 0 N–H and O–H groups in total. The molecule has 0 aliphatic heterocycles. The van der Waals surface area contributed by atoms with Gasteiger partial charge in [0.15, 0.2) is 0 Å². The lowest BCUT2D eigenvalue weighted by Crippen LogP contribution is -2.05. The van der Waals surface area contributed by atoms with Gasteiger partial charge in [-0.05, 0) is 17.7 Å². The van der Waals surface area contributed by atoms with E-state index in [0.29, 0.717) is 6.07 Å². The maximum atomic E-state index is 12.2. The van der Waals surface area contributed by atoms with Gasteiger partial charge in [-0.1, -0.05) is 22.8 Å². The Morgan fingerprint density at radius 1 is 1.36 bits per heavy atom. The van der Waals surface area contributed by atoms with Crippen molar-refractivity contribution in [3.05, 3.63) is 39.2 Å². The molecule has 0 aliphatic carbocycles. The molecule has 0 amide bonds. The summed E-state index contributed by atoms with van der Waals surface area (Å²) in [6, 6.07) is 2.94. The van der Waals surface area contributed by atoms with Gasteiger partial charge in [0.2, 0.25) is 0 Å². The van der Waals surface area contributed by atoms with Crippen LogP contribution in [0.25, 0.3) is 10.4 Å². The Kier molecular flexibility index (Phi) is 2.88. The van der Waals surface area contributed by atoms with E-state index in [1.165, 1.54) is 6.07 Å². The van der Waals surface area contributed by atoms with Crippen LogP contribution in [0, 0.1) is 0 Å². The van der Waals surface area contributed by atoms with Crippen molar-refractivity contribution in [3.8, 4) is 0 Å². The van der Waals surface area contributed by atoms with Gasteiger partial charge in [-0.2, -0.15) is 13.2 Å². The van der Waals surface area contributed by atoms with E-state index in [1.54, 1.807) is 0 Å². The quantitative estimate of drug-likeness (QED) is 0.386. The standard InChI is InChI=1S/C7H3ClF3N3/c8-6-2-1-4(13-14-12)3-5(6)7(9,10)11/h1-3H. The third-order valence-corrected chi connectivity index (χ3v) is 1.75. The lowest BCUT2D eigenvalue weighted by Gasteiger charge is -2.08. The van der Waals surface area contributed by atoms with E-state index in [9.17, 15) is 13.2 Å². The summed E-state index contributed by atoms with van der Waals surface area (Å²) in [6.45, 7) is 0. The number of halogens is 4. The van der Waals surface area contributed by atoms with Crippen molar-refractivity contribution in [1.82, 2.24) is 0 Å². The molecule has 0 fully saturated rings. The van der Waals surface area contributed by atoms with E-state index < -0.39 is 16.8 Å². The van der Waals surface area contributed by atoms with Crippen molar-refractivity contribution in [1.29, 1.82) is 0 Å². The molecule has 0 unspecified atom stereocenters. The number of rotatable bonds is 1. The summed E-state index contributed by atoms with van der Waals surface area (Å²) in [7, 11) is 0. The Morgan fingerprint density at radius 3 is 2.50 bits per heavy atom. The van der Waals surface area contributed by atoms with Gasteiger partial charge in [-0.3, -0.25) is 0 Å². The first-order valence-electron chi connectivity index (χ1n) is 3.37. The Morgan fingerprint density at radius 2 is 2.00 bits per heavy atom. The van der Waals surface area contributed by atoms with E-state index in [1.807, 2.05) is 0 Å². The van der Waals surface area contributed by atoms with Crippen LogP contribution in [-0.4, -0.2) is 0 Å². The summed E-state index contributed by atoms with van der Waals surface area (Å²) in [6.07, 6.45) is -4.54. The van der Waals surface area contributed by atoms with Crippen molar-refractivity contribution < 1.29 is 13.2 Å². The van der Waals surface area contributed by atoms with Crippen LogP contribution in [0.3, 0.4) is 0 Å². The number of hydrogen-bond donors (Lipinski definition) is 0. The molecule has 0 aliphatic rings. The van der Waals surface area contributed by atoms with E-state index in [2.05, 4.69) is 10.0 Å². The summed E-state index contributed by atoms with van der Waals surface area (Å²) < 4.78 is 36.7. The van der Waals surface area contributed by atoms with Crippen LogP contribution in [0.4, 0.5) is 18.9 Å². The number of nitrogens with zero attached hydrogens (tertiary/aromatic N) is 3. The van der Waals surface area contributed by atoms with Gasteiger partial charge in [0.1, 0.15) is 0 Å². The van der Waals surface area contributed by atoms with Gasteiger partial charge >= 0.3 is 6.18 Å². The second-order valence-electron chi connectivity index (χ2n) is 2.35. The maximum absolute atomic E-state index is 12.2. The van der Waals surface area contributed by atoms with Crippen molar-refractivity contribution >= 4 is 17.3 Å². The lowest BCUT2D eigenvalue weighted by atomic mass is 10.2. The van der Waals surface area contributed by atoms with Gasteiger partial charge in [0.05, 0.1) is 10.6 Å². The van der Waals surface area contributed by atoms with Crippen LogP contribution in [-0.2, 0) is 6.18 Å². The highest BCUT2D eigenvalue weighted by atomic mass is 35.5. The van der Waals surface area contributed by atoms with E-state index in [0.717, 1.165) is 6.07 Å². The van der Waals surface area contributed by atoms with E-state index in [-0.39, 0.29) is 5.69 Å². The fourth-order valence-corrected chi connectivity index (χ4v) is 1.07. The zero-order valence-corrected chi connectivity index (χ0v) is 7.34. The molecule has 7 heteroatoms. The molecule has 14 heavy (non-hydrogen) atoms. The van der Waals surface area contributed by atoms with Crippen molar-refractivity contribution in [2.75, 3.05) is 0 Å². The number of azide groups is 1. The molecular weight excluding hydrogens is 219 g/mol. The molecular formula is C7H3ClF3N3. The van der Waals surface area contributed by atoms with Crippen LogP contribution >= 0.6 is 11.6 Å². The first-order valence-corrected chi connectivity index (χ1v) is 3.75. The second kappa shape index (κ2) is 3.77. The number of alkyl halides is 3. The van der Waals surface area contributed by atoms with Gasteiger partial charge in [0, 0.05) is 10.6 Å². The summed E-state index contributed by atoms with van der Waals surface area (Å²) in [5.74, 6) is 0. The molecule has 0 saturated carbocycles. The third kappa shape index (κ3) is 2.31. The second-order valence-corrected chi connectivity index (χ2v) is 2.76. The number of hydrogen-bond acceptors (Lipinski definition) is 1. The highest BCUT2D eigenvalue weighted by molar-refractivity contribution is 6.31. The van der Waals surface area contributed by atoms with E-state index in [4.69, 9.17) is 17.1 Å². The molecule has 0 atom stereocenters. The Hall–Kier alpha value is -1.39. The molecule has 0 heterocycles. The summed E-state index contributed by atoms with van der Waals surface area (Å²) in [5.41, 5.74) is 6.90. The van der Waals surface area contributed by atoms with Crippen LogP contribution in [0.1, 0.15) is 5.56 Å². The first-order chi connectivity index (χ1) is 6.45. The van der Waals surface area contributed by atoms with E-state index >= 15 is 0 Å². The molecule has 0 spiro atoms. The number of benzene rings is 1. The summed E-state index contributed by atoms with van der Waals surface area (Å²) in [4.78, 5) is 2.37. The molecule has 0 radical (unpaired) electrons. The molecule has 0 aromatic heterocycles. The zero-order chi connectivity index (χ0) is 10.8. The molecule has 1 aromatic carbocycles. The van der Waals surface area contributed by atoms with Crippen molar-refractivity contribution in [2.45, 2.75) is 6.18 Å². The summed E-state index contributed by atoms with van der Waals surface area (Å²) in [5, 5.41) is 2.62. The van der Waals surface area contributed by atoms with Crippen LogP contribution in [0.5, 0.6) is 0 Å². The zero-order valence-electron chi connectivity index (χ0n) is 6.59. The van der Waals surface area contributed by atoms with Gasteiger partial charge in [0.25, 0.3) is 0 Å². The first kappa shape index (κ1) is 10.7. The monoisotopic (exact) mass is 221 g/mol. The van der Waals surface area contributed by atoms with Crippen LogP contribution in [0.15, 0.2) is 23.3 Å². The SMILES string of the molecule is [N-]=[N+]=Nc1ccc(Cl)c(C(F)(F)F)c1. The summed E-state index contributed by atoms with van der Waals surface area (Å²) >= 11 is 5.33. The minimum atomic E-state index is -4.54. The smallest absolute Gasteiger partial charge is 0.166 e. The van der Waals surface area contributed by atoms with Crippen molar-refractivity contribution in [2.24, 2.45) is 5.11 Å². The normalized spacial score (nSPS) is 10.9. The lowest BCUT2D eigenvalue weighted by molar-refractivity contribution is -0.137. The third-order valence-electron chi connectivity index (χ3n) is 1.42. The minimum absolute atomic E-state index is 0.121. The van der Waals surface area contributed by atoms with Gasteiger partial charge in [-0.25, -0.2) is 0 Å². The fourth-order valence-electron chi connectivity index (χ4n) is 0.844.